The van der Waals surface area contributed by atoms with Gasteiger partial charge in [0.2, 0.25) is 0 Å². The predicted octanol–water partition coefficient (Wildman–Crippen LogP) is 0.0315. The molecule has 110 valence electrons. The van der Waals surface area contributed by atoms with E-state index in [1.807, 2.05) is 0 Å². The lowest BCUT2D eigenvalue weighted by Crippen LogP contribution is -2.57. The van der Waals surface area contributed by atoms with Gasteiger partial charge in [-0.3, -0.25) is 9.80 Å². The van der Waals surface area contributed by atoms with E-state index >= 15 is 0 Å². The number of likely N-dealkylation sites (N-methyl/N-ethyl adjacent to an activating group) is 1. The van der Waals surface area contributed by atoms with E-state index in [1.165, 1.54) is 6.07 Å². The monoisotopic (exact) mass is 280 g/mol. The fourth-order valence-corrected chi connectivity index (χ4v) is 2.65. The quantitative estimate of drug-likeness (QED) is 0.767. The van der Waals surface area contributed by atoms with Crippen molar-refractivity contribution in [2.75, 3.05) is 26.7 Å². The fraction of sp³-hybridized carbons (Fsp3) is 0.571. The first-order chi connectivity index (χ1) is 9.28. The SMILES string of the molecule is CN1CCN(Cc2cc(F)cc(B(O)O)c2)CC1(C)C. The molecule has 1 aliphatic heterocycles. The van der Waals surface area contributed by atoms with E-state index in [1.54, 1.807) is 6.07 Å². The summed E-state index contributed by atoms with van der Waals surface area (Å²) in [7, 11) is 0.480. The van der Waals surface area contributed by atoms with Gasteiger partial charge >= 0.3 is 7.12 Å². The third kappa shape index (κ3) is 3.58. The second-order valence-electron chi connectivity index (χ2n) is 6.21. The average Bonchev–Trinajstić information content (AvgIpc) is 2.32. The van der Waals surface area contributed by atoms with Crippen LogP contribution in [0.5, 0.6) is 0 Å². The van der Waals surface area contributed by atoms with Crippen LogP contribution in [0.3, 0.4) is 0 Å². The zero-order valence-corrected chi connectivity index (χ0v) is 12.3. The standard InChI is InChI=1S/C14H22BFN2O2/c1-14(2)10-18(5-4-17(14)3)9-11-6-12(15(19)20)8-13(16)7-11/h6-8,19-20H,4-5,9-10H2,1-3H3. The molecule has 0 bridgehead atoms. The van der Waals surface area contributed by atoms with Crippen LogP contribution in [0.2, 0.25) is 0 Å². The number of benzene rings is 1. The van der Waals surface area contributed by atoms with Gasteiger partial charge in [0.25, 0.3) is 0 Å². The summed E-state index contributed by atoms with van der Waals surface area (Å²) in [5.74, 6) is -0.431. The van der Waals surface area contributed by atoms with Gasteiger partial charge in [-0.1, -0.05) is 6.07 Å². The Hall–Kier alpha value is -0.945. The van der Waals surface area contributed by atoms with Gasteiger partial charge in [-0.15, -0.1) is 0 Å². The molecule has 0 aromatic heterocycles. The molecule has 6 heteroatoms. The number of hydrogen-bond donors (Lipinski definition) is 2. The van der Waals surface area contributed by atoms with Crippen molar-refractivity contribution >= 4 is 12.6 Å². The third-order valence-electron chi connectivity index (χ3n) is 4.08. The predicted molar refractivity (Wildman–Crippen MR) is 78.2 cm³/mol. The molecular weight excluding hydrogens is 258 g/mol. The van der Waals surface area contributed by atoms with Gasteiger partial charge in [0.05, 0.1) is 0 Å². The van der Waals surface area contributed by atoms with Crippen LogP contribution < -0.4 is 5.46 Å². The van der Waals surface area contributed by atoms with Crippen molar-refractivity contribution in [1.29, 1.82) is 0 Å². The highest BCUT2D eigenvalue weighted by atomic mass is 19.1. The molecule has 4 nitrogen and oxygen atoms in total. The zero-order valence-electron chi connectivity index (χ0n) is 12.3. The normalized spacial score (nSPS) is 20.1. The lowest BCUT2D eigenvalue weighted by atomic mass is 9.79. The molecule has 0 amide bonds. The number of nitrogens with zero attached hydrogens (tertiary/aromatic N) is 2. The Morgan fingerprint density at radius 2 is 1.95 bits per heavy atom. The minimum Gasteiger partial charge on any atom is -0.423 e. The summed E-state index contributed by atoms with van der Waals surface area (Å²) >= 11 is 0. The summed E-state index contributed by atoms with van der Waals surface area (Å²) in [6.07, 6.45) is 0. The molecule has 1 heterocycles. The van der Waals surface area contributed by atoms with E-state index in [-0.39, 0.29) is 11.0 Å². The molecule has 1 aromatic carbocycles. The molecular formula is C14H22BFN2O2. The highest BCUT2D eigenvalue weighted by Gasteiger charge is 2.30. The third-order valence-corrected chi connectivity index (χ3v) is 4.08. The van der Waals surface area contributed by atoms with Gasteiger partial charge < -0.3 is 10.0 Å². The summed E-state index contributed by atoms with van der Waals surface area (Å²) in [6.45, 7) is 7.79. The molecule has 0 unspecified atom stereocenters. The van der Waals surface area contributed by atoms with E-state index < -0.39 is 12.9 Å². The maximum absolute atomic E-state index is 13.5. The van der Waals surface area contributed by atoms with Gasteiger partial charge in [0, 0.05) is 31.7 Å². The highest BCUT2D eigenvalue weighted by molar-refractivity contribution is 6.58. The Kier molecular flexibility index (Phi) is 4.49. The Morgan fingerprint density at radius 3 is 2.55 bits per heavy atom. The molecule has 1 saturated heterocycles. The minimum absolute atomic E-state index is 0.0882. The van der Waals surface area contributed by atoms with Crippen LogP contribution >= 0.6 is 0 Å². The second kappa shape index (κ2) is 5.81. The van der Waals surface area contributed by atoms with Crippen LogP contribution in [0.15, 0.2) is 18.2 Å². The molecule has 0 atom stereocenters. The van der Waals surface area contributed by atoms with Crippen molar-refractivity contribution in [3.05, 3.63) is 29.6 Å². The van der Waals surface area contributed by atoms with Gasteiger partial charge in [-0.2, -0.15) is 0 Å². The molecule has 1 fully saturated rings. The van der Waals surface area contributed by atoms with Crippen molar-refractivity contribution in [3.63, 3.8) is 0 Å². The summed E-state index contributed by atoms with van der Waals surface area (Å²) < 4.78 is 13.5. The molecule has 2 rings (SSSR count). The Bertz CT molecular complexity index is 482. The van der Waals surface area contributed by atoms with Crippen LogP contribution in [-0.4, -0.2) is 59.2 Å². The number of piperazine rings is 1. The van der Waals surface area contributed by atoms with Crippen LogP contribution in [-0.2, 0) is 6.54 Å². The summed E-state index contributed by atoms with van der Waals surface area (Å²) in [5.41, 5.74) is 1.06. The van der Waals surface area contributed by atoms with Gasteiger partial charge in [-0.25, -0.2) is 4.39 Å². The Morgan fingerprint density at radius 1 is 1.25 bits per heavy atom. The van der Waals surface area contributed by atoms with Crippen LogP contribution in [0, 0.1) is 5.82 Å². The molecule has 0 radical (unpaired) electrons. The van der Waals surface area contributed by atoms with E-state index in [4.69, 9.17) is 10.0 Å². The van der Waals surface area contributed by atoms with Gasteiger partial charge in [0.15, 0.2) is 0 Å². The van der Waals surface area contributed by atoms with Crippen LogP contribution in [0.4, 0.5) is 4.39 Å². The molecule has 20 heavy (non-hydrogen) atoms. The van der Waals surface area contributed by atoms with Crippen LogP contribution in [0.25, 0.3) is 0 Å². The summed E-state index contributed by atoms with van der Waals surface area (Å²) in [4.78, 5) is 4.58. The molecule has 2 N–H and O–H groups in total. The van der Waals surface area contributed by atoms with Gasteiger partial charge in [-0.05, 0) is 44.1 Å². The van der Waals surface area contributed by atoms with Crippen molar-refractivity contribution in [2.24, 2.45) is 0 Å². The first kappa shape index (κ1) is 15.4. The Labute approximate surface area is 120 Å². The van der Waals surface area contributed by atoms with E-state index in [2.05, 4.69) is 30.7 Å². The van der Waals surface area contributed by atoms with Crippen molar-refractivity contribution in [1.82, 2.24) is 9.80 Å². The highest BCUT2D eigenvalue weighted by Crippen LogP contribution is 2.20. The maximum atomic E-state index is 13.5. The minimum atomic E-state index is -1.63. The topological polar surface area (TPSA) is 46.9 Å². The zero-order chi connectivity index (χ0) is 14.9. The largest absolute Gasteiger partial charge is 0.488 e. The molecule has 0 saturated carbocycles. The number of hydrogen-bond acceptors (Lipinski definition) is 4. The molecule has 1 aliphatic rings. The summed E-state index contributed by atoms with van der Waals surface area (Å²) in [5, 5.41) is 18.3. The van der Waals surface area contributed by atoms with E-state index in [9.17, 15) is 4.39 Å². The van der Waals surface area contributed by atoms with E-state index in [0.717, 1.165) is 31.3 Å². The number of halogens is 1. The second-order valence-corrected chi connectivity index (χ2v) is 6.21. The summed E-state index contributed by atoms with van der Waals surface area (Å²) in [6, 6.07) is 4.26. The average molecular weight is 280 g/mol. The van der Waals surface area contributed by atoms with E-state index in [0.29, 0.717) is 6.54 Å². The van der Waals surface area contributed by atoms with Crippen molar-refractivity contribution < 1.29 is 14.4 Å². The fourth-order valence-electron chi connectivity index (χ4n) is 2.65. The molecule has 1 aromatic rings. The lowest BCUT2D eigenvalue weighted by molar-refractivity contribution is 0.0360. The first-order valence-electron chi connectivity index (χ1n) is 6.87. The van der Waals surface area contributed by atoms with Crippen molar-refractivity contribution in [3.8, 4) is 0 Å². The molecule has 0 aliphatic carbocycles. The lowest BCUT2D eigenvalue weighted by Gasteiger charge is -2.45. The first-order valence-corrected chi connectivity index (χ1v) is 6.87. The van der Waals surface area contributed by atoms with Crippen LogP contribution in [0.1, 0.15) is 19.4 Å². The maximum Gasteiger partial charge on any atom is 0.488 e. The smallest absolute Gasteiger partial charge is 0.423 e. The van der Waals surface area contributed by atoms with Gasteiger partial charge in [0.1, 0.15) is 5.82 Å². The van der Waals surface area contributed by atoms with Crippen molar-refractivity contribution in [2.45, 2.75) is 25.9 Å². The molecule has 0 spiro atoms. The number of rotatable bonds is 3. The Balaban J connectivity index is 2.10.